The average molecular weight is 255 g/mol. The largest absolute Gasteiger partial charge is 0.357 e. The second-order valence-electron chi connectivity index (χ2n) is 5.31. The van der Waals surface area contributed by atoms with Crippen molar-refractivity contribution in [1.29, 1.82) is 0 Å². The highest BCUT2D eigenvalue weighted by Gasteiger charge is 2.29. The molecule has 3 heterocycles. The van der Waals surface area contributed by atoms with Crippen LogP contribution in [0.5, 0.6) is 0 Å². The minimum Gasteiger partial charge on any atom is -0.357 e. The number of hydrogen-bond acceptors (Lipinski definition) is 2. The molecule has 1 atom stereocenters. The van der Waals surface area contributed by atoms with Crippen molar-refractivity contribution in [3.8, 4) is 11.3 Å². The molecule has 4 heteroatoms. The Bertz CT molecular complexity index is 601. The SMILES string of the molecule is CC(C)C1CNC(=O)c2cc(-c3ccncc3)[nH]c21. The van der Waals surface area contributed by atoms with Crippen LogP contribution in [0.3, 0.4) is 0 Å². The van der Waals surface area contributed by atoms with E-state index in [9.17, 15) is 4.79 Å². The van der Waals surface area contributed by atoms with Gasteiger partial charge in [-0.15, -0.1) is 0 Å². The number of pyridine rings is 1. The first kappa shape index (κ1) is 12.0. The normalized spacial score (nSPS) is 18.3. The fourth-order valence-corrected chi connectivity index (χ4v) is 2.61. The Morgan fingerprint density at radius 3 is 2.74 bits per heavy atom. The van der Waals surface area contributed by atoms with Gasteiger partial charge in [0, 0.05) is 41.8 Å². The number of carbonyl (C=O) groups is 1. The fourth-order valence-electron chi connectivity index (χ4n) is 2.61. The first-order valence-corrected chi connectivity index (χ1v) is 6.58. The Kier molecular flexibility index (Phi) is 2.85. The molecule has 3 rings (SSSR count). The van der Waals surface area contributed by atoms with Gasteiger partial charge in [-0.05, 0) is 24.1 Å². The number of carbonyl (C=O) groups excluding carboxylic acids is 1. The van der Waals surface area contributed by atoms with E-state index >= 15 is 0 Å². The van der Waals surface area contributed by atoms with Crippen LogP contribution in [0.4, 0.5) is 0 Å². The Labute approximate surface area is 112 Å². The van der Waals surface area contributed by atoms with Gasteiger partial charge in [0.2, 0.25) is 0 Å². The average Bonchev–Trinajstić information content (AvgIpc) is 2.85. The molecule has 0 saturated heterocycles. The van der Waals surface area contributed by atoms with E-state index in [2.05, 4.69) is 29.1 Å². The predicted octanol–water partition coefficient (Wildman–Crippen LogP) is 2.56. The molecule has 1 aliphatic rings. The van der Waals surface area contributed by atoms with Gasteiger partial charge in [0.25, 0.3) is 5.91 Å². The summed E-state index contributed by atoms with van der Waals surface area (Å²) < 4.78 is 0. The molecule has 2 aromatic heterocycles. The van der Waals surface area contributed by atoms with E-state index in [0.29, 0.717) is 18.4 Å². The lowest BCUT2D eigenvalue weighted by atomic mass is 9.88. The summed E-state index contributed by atoms with van der Waals surface area (Å²) in [4.78, 5) is 19.4. The number of H-pyrrole nitrogens is 1. The summed E-state index contributed by atoms with van der Waals surface area (Å²) in [6.45, 7) is 5.07. The van der Waals surface area contributed by atoms with Gasteiger partial charge in [-0.3, -0.25) is 9.78 Å². The fraction of sp³-hybridized carbons (Fsp3) is 0.333. The molecule has 0 aliphatic carbocycles. The summed E-state index contributed by atoms with van der Waals surface area (Å²) in [6, 6.07) is 5.83. The molecule has 0 fully saturated rings. The van der Waals surface area contributed by atoms with E-state index in [1.165, 1.54) is 0 Å². The molecule has 1 amide bonds. The van der Waals surface area contributed by atoms with Crippen LogP contribution in [0.2, 0.25) is 0 Å². The molecule has 0 saturated carbocycles. The summed E-state index contributed by atoms with van der Waals surface area (Å²) >= 11 is 0. The minimum absolute atomic E-state index is 0.0171. The molecule has 4 nitrogen and oxygen atoms in total. The Morgan fingerprint density at radius 2 is 2.05 bits per heavy atom. The van der Waals surface area contributed by atoms with Gasteiger partial charge in [-0.25, -0.2) is 0 Å². The van der Waals surface area contributed by atoms with Gasteiger partial charge in [0.1, 0.15) is 0 Å². The topological polar surface area (TPSA) is 57.8 Å². The highest BCUT2D eigenvalue weighted by atomic mass is 16.1. The van der Waals surface area contributed by atoms with Crippen LogP contribution in [-0.2, 0) is 0 Å². The predicted molar refractivity (Wildman–Crippen MR) is 73.9 cm³/mol. The van der Waals surface area contributed by atoms with Crippen LogP contribution in [0, 0.1) is 5.92 Å². The van der Waals surface area contributed by atoms with Crippen LogP contribution in [0.1, 0.15) is 35.8 Å². The van der Waals surface area contributed by atoms with E-state index in [-0.39, 0.29) is 5.91 Å². The summed E-state index contributed by atoms with van der Waals surface area (Å²) in [5, 5.41) is 2.96. The molecule has 0 radical (unpaired) electrons. The zero-order chi connectivity index (χ0) is 13.4. The smallest absolute Gasteiger partial charge is 0.253 e. The van der Waals surface area contributed by atoms with E-state index in [1.807, 2.05) is 18.2 Å². The number of hydrogen-bond donors (Lipinski definition) is 2. The molecule has 19 heavy (non-hydrogen) atoms. The Morgan fingerprint density at radius 1 is 1.32 bits per heavy atom. The van der Waals surface area contributed by atoms with Crippen molar-refractivity contribution in [3.63, 3.8) is 0 Å². The summed E-state index contributed by atoms with van der Waals surface area (Å²) in [7, 11) is 0. The first-order chi connectivity index (χ1) is 9.16. The number of rotatable bonds is 2. The second kappa shape index (κ2) is 4.53. The lowest BCUT2D eigenvalue weighted by Crippen LogP contribution is -2.36. The van der Waals surface area contributed by atoms with Crippen LogP contribution in [0.15, 0.2) is 30.6 Å². The van der Waals surface area contributed by atoms with Gasteiger partial charge in [0.05, 0.1) is 5.56 Å². The molecule has 0 aromatic carbocycles. The lowest BCUT2D eigenvalue weighted by molar-refractivity contribution is 0.0936. The number of aromatic amines is 1. The Balaban J connectivity index is 2.08. The maximum absolute atomic E-state index is 12.0. The molecule has 98 valence electrons. The minimum atomic E-state index is 0.0171. The van der Waals surface area contributed by atoms with Gasteiger partial charge in [-0.2, -0.15) is 0 Å². The summed E-state index contributed by atoms with van der Waals surface area (Å²) in [5.41, 5.74) is 3.87. The maximum atomic E-state index is 12.0. The van der Waals surface area contributed by atoms with E-state index in [4.69, 9.17) is 0 Å². The summed E-state index contributed by atoms with van der Waals surface area (Å²) in [5.74, 6) is 0.857. The van der Waals surface area contributed by atoms with Crippen LogP contribution >= 0.6 is 0 Å². The Hall–Kier alpha value is -2.10. The van der Waals surface area contributed by atoms with Crippen molar-refractivity contribution in [2.24, 2.45) is 5.92 Å². The molecular formula is C15H17N3O. The van der Waals surface area contributed by atoms with Crippen molar-refractivity contribution < 1.29 is 4.79 Å². The number of amides is 1. The third-order valence-electron chi connectivity index (χ3n) is 3.74. The third-order valence-corrected chi connectivity index (χ3v) is 3.74. The van der Waals surface area contributed by atoms with E-state index in [1.54, 1.807) is 12.4 Å². The van der Waals surface area contributed by atoms with Crippen molar-refractivity contribution in [1.82, 2.24) is 15.3 Å². The summed E-state index contributed by atoms with van der Waals surface area (Å²) in [6.07, 6.45) is 3.52. The molecular weight excluding hydrogens is 238 g/mol. The van der Waals surface area contributed by atoms with Crippen LogP contribution in [0.25, 0.3) is 11.3 Å². The van der Waals surface area contributed by atoms with Crippen molar-refractivity contribution in [3.05, 3.63) is 41.9 Å². The quantitative estimate of drug-likeness (QED) is 0.866. The molecule has 0 bridgehead atoms. The van der Waals surface area contributed by atoms with Gasteiger partial charge in [-0.1, -0.05) is 13.8 Å². The zero-order valence-electron chi connectivity index (χ0n) is 11.1. The maximum Gasteiger partial charge on any atom is 0.253 e. The number of nitrogens with one attached hydrogen (secondary N) is 2. The number of nitrogens with zero attached hydrogens (tertiary/aromatic N) is 1. The van der Waals surface area contributed by atoms with Gasteiger partial charge < -0.3 is 10.3 Å². The van der Waals surface area contributed by atoms with E-state index in [0.717, 1.165) is 22.5 Å². The van der Waals surface area contributed by atoms with Crippen molar-refractivity contribution >= 4 is 5.91 Å². The van der Waals surface area contributed by atoms with E-state index < -0.39 is 0 Å². The molecule has 0 spiro atoms. The first-order valence-electron chi connectivity index (χ1n) is 6.58. The highest BCUT2D eigenvalue weighted by molar-refractivity contribution is 5.98. The molecule has 1 aliphatic heterocycles. The highest BCUT2D eigenvalue weighted by Crippen LogP contribution is 2.32. The van der Waals surface area contributed by atoms with Crippen LogP contribution in [-0.4, -0.2) is 22.4 Å². The zero-order valence-corrected chi connectivity index (χ0v) is 11.1. The number of aromatic nitrogens is 2. The monoisotopic (exact) mass is 255 g/mol. The van der Waals surface area contributed by atoms with Gasteiger partial charge >= 0.3 is 0 Å². The molecule has 2 N–H and O–H groups in total. The van der Waals surface area contributed by atoms with Gasteiger partial charge in [0.15, 0.2) is 0 Å². The third kappa shape index (κ3) is 2.03. The number of fused-ring (bicyclic) bond motifs is 1. The molecule has 2 aromatic rings. The second-order valence-corrected chi connectivity index (χ2v) is 5.31. The van der Waals surface area contributed by atoms with Crippen molar-refractivity contribution in [2.45, 2.75) is 19.8 Å². The lowest BCUT2D eigenvalue weighted by Gasteiger charge is -2.25. The standard InChI is InChI=1S/C15H17N3O/c1-9(2)12-8-17-15(19)11-7-13(18-14(11)12)10-3-5-16-6-4-10/h3-7,9,12,18H,8H2,1-2H3,(H,17,19). The van der Waals surface area contributed by atoms with Crippen molar-refractivity contribution in [2.75, 3.05) is 6.54 Å². The molecule has 1 unspecified atom stereocenters. The van der Waals surface area contributed by atoms with Crippen LogP contribution < -0.4 is 5.32 Å².